The Balaban J connectivity index is 0.000000172. The van der Waals surface area contributed by atoms with Gasteiger partial charge in [0.05, 0.1) is 87.6 Å². The van der Waals surface area contributed by atoms with Gasteiger partial charge in [-0.3, -0.25) is 28.8 Å². The zero-order valence-corrected chi connectivity index (χ0v) is 79.3. The van der Waals surface area contributed by atoms with Crippen LogP contribution in [-0.2, 0) is 93.0 Å². The zero-order chi connectivity index (χ0) is 105. The number of aromatic nitrogens is 3. The first-order chi connectivity index (χ1) is 68.9. The van der Waals surface area contributed by atoms with E-state index in [0.29, 0.717) is 195 Å². The van der Waals surface area contributed by atoms with Gasteiger partial charge in [-0.25, -0.2) is 45.1 Å². The van der Waals surface area contributed by atoms with E-state index in [9.17, 15) is 95.8 Å². The Morgan fingerprint density at radius 2 is 0.786 bits per heavy atom. The molecule has 9 aromatic carbocycles. The molecule has 4 aliphatic rings. The number of para-hydroxylation sites is 2. The first kappa shape index (κ1) is 106. The third kappa shape index (κ3) is 22.7. The van der Waals surface area contributed by atoms with Crippen LogP contribution < -0.4 is 62.4 Å². The first-order valence-corrected chi connectivity index (χ1v) is 45.9. The lowest BCUT2D eigenvalue weighted by Gasteiger charge is -2.38. The van der Waals surface area contributed by atoms with E-state index in [4.69, 9.17) is 33.2 Å². The maximum atomic E-state index is 15.3. The lowest BCUT2D eigenvalue weighted by Crippen LogP contribution is -2.53. The van der Waals surface area contributed by atoms with Gasteiger partial charge >= 0.3 is 36.4 Å². The number of halogens is 16. The summed E-state index contributed by atoms with van der Waals surface area (Å²) in [5.41, 5.74) is 3.53. The van der Waals surface area contributed by atoms with Crippen LogP contribution in [0.15, 0.2) is 166 Å². The third-order valence-corrected chi connectivity index (χ3v) is 25.8. The summed E-state index contributed by atoms with van der Waals surface area (Å²) in [4.78, 5) is 119. The summed E-state index contributed by atoms with van der Waals surface area (Å²) in [6.07, 6.45) is -12.0. The van der Waals surface area contributed by atoms with E-state index in [1.165, 1.54) is 36.6 Å². The number of anilines is 3. The van der Waals surface area contributed by atoms with Crippen LogP contribution in [0.2, 0.25) is 0 Å². The summed E-state index contributed by atoms with van der Waals surface area (Å²) in [5, 5.41) is 13.2. The maximum Gasteiger partial charge on any atom is 0.411 e. The SMILES string of the molecule is CC[C@@H](Nc1cc(F)c(C(=O)N[C@@H](Cc2ccc(-c3c(C)c4cc(F)ccc4n(C)c3=O)c3c2CCCO3)C(=O)OC)c(F)c1)C(F)(F)F.CC[C@@H](Nc1cc(F)c(C(=O)N[C@@H](Cc2ccc(-c3cc4ccccc4n(C)c3=O)c3c2CCCO3)C(=O)OC)c(F)c1)C(F)(F)F.COC(=O)[C@H](Cc1ccc(-c2cc3ccccc3n(C)c2=O)c2c1CCCO2)NC(=O)c1c(F)cc(N2CCOC[C@@H]2C(F)(F)F)cc1F. The predicted octanol–water partition coefficient (Wildman–Crippen LogP) is 17.7. The van der Waals surface area contributed by atoms with Crippen LogP contribution in [0.25, 0.3) is 66.1 Å². The van der Waals surface area contributed by atoms with Crippen molar-refractivity contribution < 1.29 is 132 Å². The number of ether oxygens (including phenoxy) is 7. The summed E-state index contributed by atoms with van der Waals surface area (Å²) >= 11 is 0. The number of benzene rings is 9. The van der Waals surface area contributed by atoms with Crippen molar-refractivity contribution in [1.29, 1.82) is 0 Å². The molecule has 4 aliphatic heterocycles. The van der Waals surface area contributed by atoms with Gasteiger partial charge in [-0.05, 0) is 187 Å². The van der Waals surface area contributed by atoms with Crippen molar-refractivity contribution in [2.24, 2.45) is 21.1 Å². The van der Waals surface area contributed by atoms with E-state index in [1.54, 1.807) is 85.7 Å². The van der Waals surface area contributed by atoms with Crippen molar-refractivity contribution in [3.63, 3.8) is 0 Å². The number of hydrogen-bond donors (Lipinski definition) is 5. The van der Waals surface area contributed by atoms with Gasteiger partial charge in [0.25, 0.3) is 34.4 Å². The van der Waals surface area contributed by atoms with E-state index < -0.39 is 184 Å². The summed E-state index contributed by atoms with van der Waals surface area (Å²) in [6, 6.07) is 25.8. The molecule has 766 valence electrons. The molecule has 6 atom stereocenters. The molecule has 0 bridgehead atoms. The molecule has 145 heavy (non-hydrogen) atoms. The van der Waals surface area contributed by atoms with Crippen LogP contribution in [0.4, 0.5) is 87.3 Å². The number of alkyl halides is 9. The molecule has 25 nitrogen and oxygen atoms in total. The van der Waals surface area contributed by atoms with Crippen molar-refractivity contribution in [1.82, 2.24) is 29.7 Å². The lowest BCUT2D eigenvalue weighted by atomic mass is 9.89. The minimum Gasteiger partial charge on any atom is -0.493 e. The van der Waals surface area contributed by atoms with E-state index >= 15 is 17.6 Å². The smallest absolute Gasteiger partial charge is 0.411 e. The number of fused-ring (bicyclic) bond motifs is 6. The van der Waals surface area contributed by atoms with Crippen molar-refractivity contribution in [2.45, 2.75) is 146 Å². The first-order valence-electron chi connectivity index (χ1n) is 45.9. The molecule has 5 N–H and O–H groups in total. The number of amides is 3. The second kappa shape index (κ2) is 44.1. The third-order valence-electron chi connectivity index (χ3n) is 25.8. The number of rotatable bonds is 25. The van der Waals surface area contributed by atoms with Gasteiger partial charge < -0.3 is 78.3 Å². The molecule has 3 aromatic heterocycles. The Labute approximate surface area is 817 Å². The molecule has 0 unspecified atom stereocenters. The van der Waals surface area contributed by atoms with Crippen molar-refractivity contribution in [3.05, 3.63) is 279 Å². The number of carbonyl (C=O) groups excluding carboxylic acids is 6. The van der Waals surface area contributed by atoms with Crippen LogP contribution in [0.1, 0.15) is 116 Å². The minimum atomic E-state index is -4.73. The highest BCUT2D eigenvalue weighted by Crippen LogP contribution is 2.45. The molecular weight excluding hydrogens is 1940 g/mol. The topological polar surface area (TPSA) is 296 Å². The largest absolute Gasteiger partial charge is 0.493 e. The van der Waals surface area contributed by atoms with E-state index in [-0.39, 0.29) is 49.1 Å². The average molecular weight is 2030 g/mol. The summed E-state index contributed by atoms with van der Waals surface area (Å²) in [7, 11) is 8.19. The number of esters is 3. The highest BCUT2D eigenvalue weighted by molar-refractivity contribution is 6.00. The monoisotopic (exact) mass is 2030 g/mol. The van der Waals surface area contributed by atoms with E-state index in [2.05, 4.69) is 16.0 Å². The zero-order valence-electron chi connectivity index (χ0n) is 79.3. The number of carbonyl (C=O) groups is 6. The Morgan fingerprint density at radius 3 is 1.15 bits per heavy atom. The minimum absolute atomic E-state index is 0.0898. The average Bonchev–Trinajstić information content (AvgIpc) is 0.744. The number of nitrogens with one attached hydrogen (secondary N) is 5. The van der Waals surface area contributed by atoms with Crippen LogP contribution in [0, 0.1) is 47.6 Å². The Bertz CT molecular complexity index is 7180. The number of hydrogen-bond acceptors (Lipinski definition) is 19. The molecule has 0 saturated carbocycles. The van der Waals surface area contributed by atoms with Crippen molar-refractivity contribution in [3.8, 4) is 50.6 Å². The fourth-order valence-electron chi connectivity index (χ4n) is 18.5. The second-order valence-corrected chi connectivity index (χ2v) is 34.9. The predicted molar refractivity (Wildman–Crippen MR) is 506 cm³/mol. The van der Waals surface area contributed by atoms with Crippen LogP contribution in [0.5, 0.6) is 17.2 Å². The maximum absolute atomic E-state index is 15.3. The van der Waals surface area contributed by atoms with Gasteiger partial charge in [0.1, 0.15) is 111 Å². The number of aryl methyl sites for hydroxylation is 4. The molecule has 7 heterocycles. The Hall–Kier alpha value is -14.9. The highest BCUT2D eigenvalue weighted by atomic mass is 19.4. The number of nitrogens with zero attached hydrogens (tertiary/aromatic N) is 4. The molecule has 16 rings (SSSR count). The van der Waals surface area contributed by atoms with Gasteiger partial charge in [-0.15, -0.1) is 0 Å². The standard InChI is InChI=1S/C35H33F6N3O5.C35H32F5N3O6.C34H32F5N3O5/c1-5-28(35(39,40)41)42-20-15-24(37)30(25(38)16-20)32(45)43-26(34(47)48-4)13-18-8-10-22(31-21(18)7-6-12-49-31)29-17(2)23-14-19(36)9-11-27(23)44(3)33(29)46;1-42-28-8-4-3-6-20(28)14-24(33(42)45)23-10-9-19(22-7-5-12-49-31(22)23)15-27(34(46)47-2)41-32(44)30-25(36)16-21(17-26(30)37)43-11-13-48-18-29(43)35(38,39)40;1-4-28(34(37,38)39)40-20-16-24(35)29(25(36)17-20)31(43)41-26(33(45)46-3)15-18-11-12-22(30-21(18)9-7-13-47-30)23-14-19-8-5-6-10-27(19)42(2)32(23)44/h8-11,14-16,26,28,42H,5-7,12-13H2,1-4H3,(H,43,45);3-4,6,8-10,14,16-17,27,29H,5,7,11-13,15,18H2,1-2H3,(H,41,44);5-6,8,10-12,14,16-17,26,28,40H,4,7,9,13,15H2,1-3H3,(H,41,43)/t26-,28+;27-,29+;26-,28+/m000/s1. The van der Waals surface area contributed by atoms with E-state index in [1.807, 2.05) is 59.2 Å². The summed E-state index contributed by atoms with van der Waals surface area (Å²) in [6.45, 7) is 4.24. The van der Waals surface area contributed by atoms with Crippen LogP contribution in [-0.4, -0.2) is 165 Å². The second-order valence-electron chi connectivity index (χ2n) is 34.9. The molecule has 0 spiro atoms. The summed E-state index contributed by atoms with van der Waals surface area (Å²) < 4.78 is 267. The van der Waals surface area contributed by atoms with Crippen LogP contribution >= 0.6 is 0 Å². The number of morpholine rings is 1. The van der Waals surface area contributed by atoms with Gasteiger partial charge in [-0.2, -0.15) is 39.5 Å². The molecule has 0 aliphatic carbocycles. The van der Waals surface area contributed by atoms with Crippen molar-refractivity contribution >= 4 is 85.4 Å². The molecule has 3 amide bonds. The normalized spacial score (nSPS) is 15.0. The molecule has 1 fully saturated rings. The fraction of sp³-hybridized carbons (Fsp3) is 0.337. The number of methoxy groups -OCH3 is 3. The van der Waals surface area contributed by atoms with E-state index in [0.717, 1.165) is 48.0 Å². The van der Waals surface area contributed by atoms with Gasteiger partial charge in [0, 0.05) is 86.1 Å². The van der Waals surface area contributed by atoms with Gasteiger partial charge in [0.2, 0.25) is 0 Å². The Kier molecular flexibility index (Phi) is 32.2. The molecule has 12 aromatic rings. The van der Waals surface area contributed by atoms with Crippen molar-refractivity contribution in [2.75, 3.05) is 76.4 Å². The van der Waals surface area contributed by atoms with Gasteiger partial charge in [0.15, 0.2) is 0 Å². The van der Waals surface area contributed by atoms with Gasteiger partial charge in [-0.1, -0.05) is 86.6 Å². The fourth-order valence-corrected chi connectivity index (χ4v) is 18.5. The molecule has 0 radical (unpaired) electrons. The van der Waals surface area contributed by atoms with Crippen LogP contribution in [0.3, 0.4) is 0 Å². The lowest BCUT2D eigenvalue weighted by molar-refractivity contribution is -0.167. The molecular formula is C104H97F16N9O16. The highest BCUT2D eigenvalue weighted by Gasteiger charge is 2.47. The molecule has 1 saturated heterocycles. The quantitative estimate of drug-likeness (QED) is 0.0202. The molecule has 41 heteroatoms. The Morgan fingerprint density at radius 1 is 0.428 bits per heavy atom. The summed E-state index contributed by atoms with van der Waals surface area (Å²) in [5.74, 6) is -14.4. The number of pyridine rings is 3.